The number of carbonyl (C=O) groups is 1. The van der Waals surface area contributed by atoms with Crippen LogP contribution in [0.3, 0.4) is 0 Å². The maximum absolute atomic E-state index is 10.5. The second kappa shape index (κ2) is 5.15. The predicted molar refractivity (Wildman–Crippen MR) is 36.5 cm³/mol. The summed E-state index contributed by atoms with van der Waals surface area (Å²) in [6.07, 6.45) is -1.56. The standard InChI is InChI=1S/C5H7N2.C2HF3O2/c1-7-5-3-2-4-6-7;3-2(4,5)1(6)7/h2-5H,1H3;(H,6,7)/q+1;/p-1. The molecule has 0 aromatic carbocycles. The molecule has 0 amide bonds. The molecule has 0 saturated heterocycles. The van der Waals surface area contributed by atoms with Crippen LogP contribution in [0, 0.1) is 0 Å². The SMILES string of the molecule is C[n+]1ccccn1.O=C([O-])C(F)(F)F. The van der Waals surface area contributed by atoms with Crippen LogP contribution < -0.4 is 9.79 Å². The Bertz CT molecular complexity index is 287. The van der Waals surface area contributed by atoms with Gasteiger partial charge in [-0.2, -0.15) is 13.2 Å². The van der Waals surface area contributed by atoms with Crippen LogP contribution in [-0.2, 0) is 11.8 Å². The highest BCUT2D eigenvalue weighted by atomic mass is 19.4. The molecule has 1 aromatic heterocycles. The minimum Gasteiger partial charge on any atom is -0.542 e. The highest BCUT2D eigenvalue weighted by molar-refractivity contribution is 5.70. The molecular formula is C7H7F3N2O2. The zero-order valence-corrected chi connectivity index (χ0v) is 7.15. The molecule has 0 aliphatic heterocycles. The van der Waals surface area contributed by atoms with E-state index in [-0.39, 0.29) is 0 Å². The molecule has 0 fully saturated rings. The van der Waals surface area contributed by atoms with E-state index in [0.717, 1.165) is 0 Å². The van der Waals surface area contributed by atoms with Gasteiger partial charge < -0.3 is 9.90 Å². The Hall–Kier alpha value is -1.66. The first-order chi connectivity index (χ1) is 6.34. The Kier molecular flexibility index (Phi) is 4.54. The van der Waals surface area contributed by atoms with E-state index in [1.54, 1.807) is 10.9 Å². The van der Waals surface area contributed by atoms with Crippen LogP contribution in [0.2, 0.25) is 0 Å². The lowest BCUT2D eigenvalue weighted by atomic mass is 10.6. The van der Waals surface area contributed by atoms with Crippen molar-refractivity contribution in [2.75, 3.05) is 0 Å². The summed E-state index contributed by atoms with van der Waals surface area (Å²) in [6.45, 7) is 0. The Morgan fingerprint density at radius 3 is 2.07 bits per heavy atom. The van der Waals surface area contributed by atoms with Crippen molar-refractivity contribution in [1.82, 2.24) is 5.10 Å². The van der Waals surface area contributed by atoms with Crippen LogP contribution in [0.25, 0.3) is 0 Å². The molecule has 7 heteroatoms. The van der Waals surface area contributed by atoms with Gasteiger partial charge in [0.2, 0.25) is 0 Å². The summed E-state index contributed by atoms with van der Waals surface area (Å²) >= 11 is 0. The zero-order valence-electron chi connectivity index (χ0n) is 7.15. The molecular weight excluding hydrogens is 201 g/mol. The van der Waals surface area contributed by atoms with Gasteiger partial charge in [0.25, 0.3) is 0 Å². The summed E-state index contributed by atoms with van der Waals surface area (Å²) in [5, 5.41) is 12.7. The number of hydrogen-bond donors (Lipinski definition) is 0. The number of carboxylic acids is 1. The van der Waals surface area contributed by atoms with Crippen LogP contribution in [0.5, 0.6) is 0 Å². The number of aromatic nitrogens is 2. The number of alkyl halides is 3. The number of aryl methyl sites for hydroxylation is 1. The maximum Gasteiger partial charge on any atom is 0.430 e. The van der Waals surface area contributed by atoms with Gasteiger partial charge in [0.1, 0.15) is 5.97 Å². The Morgan fingerprint density at radius 2 is 1.93 bits per heavy atom. The molecule has 0 aliphatic carbocycles. The van der Waals surface area contributed by atoms with Crippen molar-refractivity contribution < 1.29 is 27.8 Å². The Balaban J connectivity index is 0.000000241. The van der Waals surface area contributed by atoms with Crippen LogP contribution in [0.15, 0.2) is 24.5 Å². The summed E-state index contributed by atoms with van der Waals surface area (Å²) in [5.74, 6) is -3.01. The highest BCUT2D eigenvalue weighted by Crippen LogP contribution is 2.11. The number of rotatable bonds is 0. The van der Waals surface area contributed by atoms with Crippen molar-refractivity contribution in [3.63, 3.8) is 0 Å². The first kappa shape index (κ1) is 12.3. The lowest BCUT2D eigenvalue weighted by molar-refractivity contribution is -0.730. The first-order valence-corrected chi connectivity index (χ1v) is 3.39. The van der Waals surface area contributed by atoms with Crippen molar-refractivity contribution in [3.05, 3.63) is 24.5 Å². The largest absolute Gasteiger partial charge is 0.542 e. The average Bonchev–Trinajstić information content (AvgIpc) is 2.04. The Labute approximate surface area is 77.6 Å². The van der Waals surface area contributed by atoms with Crippen LogP contribution >= 0.6 is 0 Å². The van der Waals surface area contributed by atoms with Gasteiger partial charge in [0.05, 0.1) is 6.20 Å². The molecule has 0 N–H and O–H groups in total. The predicted octanol–water partition coefficient (Wildman–Crippen LogP) is -0.795. The van der Waals surface area contributed by atoms with E-state index >= 15 is 0 Å². The molecule has 0 aliphatic rings. The van der Waals surface area contributed by atoms with Gasteiger partial charge >= 0.3 is 6.18 Å². The van der Waals surface area contributed by atoms with Crippen LogP contribution in [0.4, 0.5) is 13.2 Å². The molecule has 4 nitrogen and oxygen atoms in total. The highest BCUT2D eigenvalue weighted by Gasteiger charge is 2.28. The number of halogens is 3. The van der Waals surface area contributed by atoms with Gasteiger partial charge in [-0.15, -0.1) is 0 Å². The molecule has 0 bridgehead atoms. The molecule has 78 valence electrons. The fourth-order valence-corrected chi connectivity index (χ4v) is 0.406. The molecule has 0 saturated carbocycles. The molecule has 1 rings (SSSR count). The molecule has 1 aromatic rings. The average molecular weight is 208 g/mol. The maximum atomic E-state index is 10.5. The number of carbonyl (C=O) groups excluding carboxylic acids is 1. The van der Waals surface area contributed by atoms with Crippen LogP contribution in [-0.4, -0.2) is 17.2 Å². The van der Waals surface area contributed by atoms with Gasteiger partial charge in [0, 0.05) is 6.07 Å². The summed E-state index contributed by atoms with van der Waals surface area (Å²) in [6, 6.07) is 3.83. The first-order valence-electron chi connectivity index (χ1n) is 3.39. The van der Waals surface area contributed by atoms with Crippen LogP contribution in [0.1, 0.15) is 0 Å². The number of aliphatic carboxylic acids is 1. The normalized spacial score (nSPS) is 10.0. The van der Waals surface area contributed by atoms with E-state index in [0.29, 0.717) is 0 Å². The minimum absolute atomic E-state index is 1.75. The van der Waals surface area contributed by atoms with E-state index < -0.39 is 12.1 Å². The molecule has 0 unspecified atom stereocenters. The van der Waals surface area contributed by atoms with Gasteiger partial charge in [-0.1, -0.05) is 4.68 Å². The van der Waals surface area contributed by atoms with Crippen molar-refractivity contribution in [1.29, 1.82) is 0 Å². The summed E-state index contributed by atoms with van der Waals surface area (Å²) in [7, 11) is 1.89. The molecule has 1 heterocycles. The summed E-state index contributed by atoms with van der Waals surface area (Å²) < 4.78 is 33.3. The van der Waals surface area contributed by atoms with E-state index in [9.17, 15) is 13.2 Å². The van der Waals surface area contributed by atoms with E-state index in [1.165, 1.54) is 0 Å². The second-order valence-corrected chi connectivity index (χ2v) is 2.16. The second-order valence-electron chi connectivity index (χ2n) is 2.16. The summed E-state index contributed by atoms with van der Waals surface area (Å²) in [4.78, 5) is 8.78. The third kappa shape index (κ3) is 5.92. The number of nitrogens with zero attached hydrogens (tertiary/aromatic N) is 2. The van der Waals surface area contributed by atoms with E-state index in [1.807, 2.05) is 25.4 Å². The molecule has 0 radical (unpaired) electrons. The van der Waals surface area contributed by atoms with Crippen molar-refractivity contribution >= 4 is 5.97 Å². The minimum atomic E-state index is -5.19. The van der Waals surface area contributed by atoms with Crippen molar-refractivity contribution in [2.24, 2.45) is 7.05 Å². The van der Waals surface area contributed by atoms with E-state index in [2.05, 4.69) is 5.10 Å². The fraction of sp³-hybridized carbons (Fsp3) is 0.286. The molecule has 0 atom stereocenters. The number of hydrogen-bond acceptors (Lipinski definition) is 3. The van der Waals surface area contributed by atoms with Gasteiger partial charge in [0.15, 0.2) is 13.2 Å². The zero-order chi connectivity index (χ0) is 11.2. The molecule has 14 heavy (non-hydrogen) atoms. The van der Waals surface area contributed by atoms with Gasteiger partial charge in [-0.3, -0.25) is 0 Å². The third-order valence-corrected chi connectivity index (χ3v) is 0.979. The van der Waals surface area contributed by atoms with E-state index in [4.69, 9.17) is 9.90 Å². The molecule has 0 spiro atoms. The third-order valence-electron chi connectivity index (χ3n) is 0.979. The fourth-order valence-electron chi connectivity index (χ4n) is 0.406. The lowest BCUT2D eigenvalue weighted by Crippen LogP contribution is -2.37. The quantitative estimate of drug-likeness (QED) is 0.525. The summed E-state index contributed by atoms with van der Waals surface area (Å²) in [5.41, 5.74) is 0. The number of carboxylic acid groups (broad SMARTS) is 1. The van der Waals surface area contributed by atoms with Crippen molar-refractivity contribution in [3.8, 4) is 0 Å². The lowest BCUT2D eigenvalue weighted by Gasteiger charge is -2.03. The monoisotopic (exact) mass is 208 g/mol. The van der Waals surface area contributed by atoms with Crippen molar-refractivity contribution in [2.45, 2.75) is 6.18 Å². The van der Waals surface area contributed by atoms with Gasteiger partial charge in [-0.05, 0) is 11.2 Å². The van der Waals surface area contributed by atoms with Gasteiger partial charge in [-0.25, -0.2) is 0 Å². The Morgan fingerprint density at radius 1 is 1.43 bits per heavy atom. The topological polar surface area (TPSA) is 56.9 Å². The smallest absolute Gasteiger partial charge is 0.430 e.